The first-order valence-corrected chi connectivity index (χ1v) is 19.0. The number of carbonyl (C=O) groups is 2. The highest BCUT2D eigenvalue weighted by Crippen LogP contribution is 2.60. The van der Waals surface area contributed by atoms with Crippen LogP contribution in [0.25, 0.3) is 0 Å². The number of fused-ring (bicyclic) bond motifs is 2. The van der Waals surface area contributed by atoms with E-state index in [2.05, 4.69) is 22.2 Å². The smallest absolute Gasteiger partial charge is 0.264 e. The monoisotopic (exact) mass is 651 g/mol. The van der Waals surface area contributed by atoms with Crippen molar-refractivity contribution in [3.05, 3.63) is 120 Å². The average molecular weight is 652 g/mol. The maximum Gasteiger partial charge on any atom is 0.264 e. The molecule has 0 saturated carbocycles. The first kappa shape index (κ1) is 32.5. The van der Waals surface area contributed by atoms with Crippen molar-refractivity contribution in [1.29, 1.82) is 0 Å². The Morgan fingerprint density at radius 1 is 1.13 bits per heavy atom. The maximum absolute atomic E-state index is 14.4. The lowest BCUT2D eigenvalue weighted by molar-refractivity contribution is -0.145. The van der Waals surface area contributed by atoms with Crippen molar-refractivity contribution in [2.45, 2.75) is 56.1 Å². The number of aromatic nitrogens is 3. The van der Waals surface area contributed by atoms with Crippen molar-refractivity contribution in [3.8, 4) is 0 Å². The van der Waals surface area contributed by atoms with Gasteiger partial charge in [0.15, 0.2) is 13.9 Å². The summed E-state index contributed by atoms with van der Waals surface area (Å²) in [6.45, 7) is 10.3. The van der Waals surface area contributed by atoms with Gasteiger partial charge in [-0.25, -0.2) is 0 Å². The number of amides is 2. The normalized spacial score (nSPS) is 22.8. The number of anilines is 2. The van der Waals surface area contributed by atoms with Crippen LogP contribution in [-0.4, -0.2) is 64.3 Å². The first-order valence-electron chi connectivity index (χ1n) is 16.0. The van der Waals surface area contributed by atoms with Gasteiger partial charge in [-0.15, -0.1) is 11.7 Å². The van der Waals surface area contributed by atoms with Gasteiger partial charge in [0, 0.05) is 47.6 Å². The number of carbonyl (C=O) groups excluding carboxylic acids is 2. The number of nitrogens with one attached hydrogen (secondary N) is 1. The first-order chi connectivity index (χ1) is 22.6. The lowest BCUT2D eigenvalue weighted by atomic mass is 9.82. The molecule has 6 rings (SSSR count). The Kier molecular flexibility index (Phi) is 8.99. The second kappa shape index (κ2) is 13.0. The van der Waals surface area contributed by atoms with E-state index < -0.39 is 20.0 Å². The third-order valence-electron chi connectivity index (χ3n) is 9.53. The topological polar surface area (TPSA) is 130 Å². The highest BCUT2D eigenvalue weighted by molar-refractivity contribution is 6.71. The molecule has 0 radical (unpaired) electrons. The summed E-state index contributed by atoms with van der Waals surface area (Å²) < 4.78 is 8.65. The molecule has 47 heavy (non-hydrogen) atoms. The number of aliphatic hydroxyl groups is 1. The maximum atomic E-state index is 14.4. The molecule has 5 atom stereocenters. The summed E-state index contributed by atoms with van der Waals surface area (Å²) in [6, 6.07) is 24.1. The number of hydrogen-bond donors (Lipinski definition) is 3. The molecule has 1 aromatic heterocycles. The summed E-state index contributed by atoms with van der Waals surface area (Å²) in [6.07, 6.45) is 3.56. The summed E-state index contributed by atoms with van der Waals surface area (Å²) >= 11 is 0. The van der Waals surface area contributed by atoms with Crippen molar-refractivity contribution in [1.82, 2.24) is 15.0 Å². The fourth-order valence-corrected chi connectivity index (χ4v) is 10.0. The molecule has 1 spiro atoms. The summed E-state index contributed by atoms with van der Waals surface area (Å²) in [5, 5.41) is 21.8. The van der Waals surface area contributed by atoms with Gasteiger partial charge in [-0.1, -0.05) is 66.7 Å². The summed E-state index contributed by atoms with van der Waals surface area (Å²) in [5.74, 6) is -1.11. The van der Waals surface area contributed by atoms with E-state index in [1.165, 1.54) is 0 Å². The number of aryl methyl sites for hydroxylation is 1. The molecule has 3 heterocycles. The van der Waals surface area contributed by atoms with Crippen LogP contribution < -0.4 is 10.2 Å². The molecule has 1 saturated heterocycles. The zero-order valence-corrected chi connectivity index (χ0v) is 27.9. The van der Waals surface area contributed by atoms with Gasteiger partial charge in [0.1, 0.15) is 0 Å². The molecule has 2 aliphatic heterocycles. The number of benzene rings is 3. The Morgan fingerprint density at radius 2 is 1.83 bits per heavy atom. The molecular formula is C36H41N5O5Si. The molecule has 3 aromatic carbocycles. The molecule has 3 N–H and O–H groups in total. The van der Waals surface area contributed by atoms with Gasteiger partial charge in [-0.05, 0) is 55.4 Å². The van der Waals surface area contributed by atoms with Crippen LogP contribution in [0.5, 0.6) is 0 Å². The molecule has 244 valence electrons. The van der Waals surface area contributed by atoms with Gasteiger partial charge in [-0.3, -0.25) is 14.3 Å². The standard InChI is InChI=1S/C36H41N5O5Si/c1-5-19-41-31-17-16-27(37-34(43)26-14-10-7-11-15-26)21-29(31)36(35(41)44)24(2)33(47(3,4)45)32(46-36)18-20-40-22-30(38-39-40)28(23-42)25-12-8-6-9-13-25/h5-17,21-22,24,28,32-33,42,45H,1,18-20,23H2,2-4H3,(H,37,43)/t24-,28?,32+,33-,36+/m1/s1. The minimum atomic E-state index is -2.88. The summed E-state index contributed by atoms with van der Waals surface area (Å²) in [5.41, 5.74) is 2.43. The summed E-state index contributed by atoms with van der Waals surface area (Å²) in [4.78, 5) is 40.8. The average Bonchev–Trinajstić information content (AvgIpc) is 3.72. The Balaban J connectivity index is 1.30. The predicted molar refractivity (Wildman–Crippen MR) is 183 cm³/mol. The Hall–Kier alpha value is -4.42. The zero-order valence-electron chi connectivity index (χ0n) is 26.9. The van der Waals surface area contributed by atoms with Crippen LogP contribution >= 0.6 is 0 Å². The lowest BCUT2D eigenvalue weighted by Gasteiger charge is -2.32. The van der Waals surface area contributed by atoms with E-state index in [1.54, 1.807) is 33.9 Å². The van der Waals surface area contributed by atoms with Crippen molar-refractivity contribution in [2.24, 2.45) is 5.92 Å². The fourth-order valence-electron chi connectivity index (χ4n) is 7.43. The number of aliphatic hydroxyl groups excluding tert-OH is 1. The summed E-state index contributed by atoms with van der Waals surface area (Å²) in [7, 11) is -2.88. The van der Waals surface area contributed by atoms with Gasteiger partial charge in [0.05, 0.1) is 30.0 Å². The van der Waals surface area contributed by atoms with E-state index in [0.717, 1.165) is 5.56 Å². The fraction of sp³-hybridized carbons (Fsp3) is 0.333. The van der Waals surface area contributed by atoms with E-state index in [9.17, 15) is 19.5 Å². The van der Waals surface area contributed by atoms with E-state index in [4.69, 9.17) is 4.74 Å². The molecular weight excluding hydrogens is 611 g/mol. The van der Waals surface area contributed by atoms with Gasteiger partial charge >= 0.3 is 0 Å². The van der Waals surface area contributed by atoms with E-state index in [0.29, 0.717) is 47.7 Å². The minimum Gasteiger partial charge on any atom is -0.432 e. The van der Waals surface area contributed by atoms with E-state index in [-0.39, 0.29) is 35.8 Å². The molecule has 0 bridgehead atoms. The van der Waals surface area contributed by atoms with Crippen LogP contribution in [-0.2, 0) is 21.7 Å². The van der Waals surface area contributed by atoms with Gasteiger partial charge in [-0.2, -0.15) is 0 Å². The second-order valence-corrected chi connectivity index (χ2v) is 16.9. The lowest BCUT2D eigenvalue weighted by Crippen LogP contribution is -2.46. The van der Waals surface area contributed by atoms with Gasteiger partial charge in [0.25, 0.3) is 11.8 Å². The van der Waals surface area contributed by atoms with Crippen LogP contribution in [0.4, 0.5) is 11.4 Å². The number of nitrogens with zero attached hydrogens (tertiary/aromatic N) is 4. The number of ether oxygens (including phenoxy) is 1. The Bertz CT molecular complexity index is 1760. The molecule has 10 nitrogen and oxygen atoms in total. The molecule has 2 aliphatic rings. The van der Waals surface area contributed by atoms with Crippen LogP contribution in [0.2, 0.25) is 18.6 Å². The zero-order chi connectivity index (χ0) is 33.3. The van der Waals surface area contributed by atoms with Crippen molar-refractivity contribution < 1.29 is 24.2 Å². The van der Waals surface area contributed by atoms with Gasteiger partial charge in [0.2, 0.25) is 0 Å². The Morgan fingerprint density at radius 3 is 2.49 bits per heavy atom. The molecule has 11 heteroatoms. The molecule has 1 fully saturated rings. The minimum absolute atomic E-state index is 0.0998. The van der Waals surface area contributed by atoms with Crippen molar-refractivity contribution >= 4 is 31.5 Å². The van der Waals surface area contributed by atoms with E-state index >= 15 is 0 Å². The Labute approximate surface area is 275 Å². The number of hydrogen-bond acceptors (Lipinski definition) is 7. The third-order valence-corrected chi connectivity index (χ3v) is 12.0. The second-order valence-electron chi connectivity index (χ2n) is 13.0. The highest BCUT2D eigenvalue weighted by Gasteiger charge is 2.66. The molecule has 1 unspecified atom stereocenters. The van der Waals surface area contributed by atoms with Crippen LogP contribution in [0, 0.1) is 5.92 Å². The number of rotatable bonds is 11. The molecule has 2 amide bonds. The quantitative estimate of drug-likeness (QED) is 0.152. The highest BCUT2D eigenvalue weighted by atomic mass is 28.4. The van der Waals surface area contributed by atoms with Crippen LogP contribution in [0.15, 0.2) is 97.7 Å². The molecule has 4 aromatic rings. The van der Waals surface area contributed by atoms with Gasteiger partial charge < -0.3 is 24.9 Å². The van der Waals surface area contributed by atoms with Crippen molar-refractivity contribution in [2.75, 3.05) is 23.4 Å². The largest absolute Gasteiger partial charge is 0.432 e. The third kappa shape index (κ3) is 5.95. The molecule has 0 aliphatic carbocycles. The van der Waals surface area contributed by atoms with Crippen molar-refractivity contribution in [3.63, 3.8) is 0 Å². The van der Waals surface area contributed by atoms with Crippen LogP contribution in [0.3, 0.4) is 0 Å². The SMILES string of the molecule is C=CCN1C(=O)[C@@]2(O[C@@H](CCn3cc(C(CO)c4ccccc4)nn3)[C@H]([Si](C)(C)O)[C@H]2C)c2cc(NC(=O)c3ccccc3)ccc21. The predicted octanol–water partition coefficient (Wildman–Crippen LogP) is 5.08. The van der Waals surface area contributed by atoms with E-state index in [1.807, 2.05) is 86.9 Å². The van der Waals surface area contributed by atoms with Crippen LogP contribution in [0.1, 0.15) is 46.4 Å².